The Balaban J connectivity index is 2.04. The van der Waals surface area contributed by atoms with Crippen molar-refractivity contribution in [3.63, 3.8) is 0 Å². The van der Waals surface area contributed by atoms with Crippen LogP contribution in [0.4, 0.5) is 0 Å². The fourth-order valence-electron chi connectivity index (χ4n) is 2.18. The van der Waals surface area contributed by atoms with E-state index in [4.69, 9.17) is 26.3 Å². The molecule has 0 aliphatic rings. The van der Waals surface area contributed by atoms with Gasteiger partial charge in [-0.1, -0.05) is 11.6 Å². The third-order valence-corrected chi connectivity index (χ3v) is 5.24. The minimum Gasteiger partial charge on any atom is -0.496 e. The summed E-state index contributed by atoms with van der Waals surface area (Å²) in [7, 11) is -2.23. The number of nitrogens with one attached hydrogen (secondary N) is 1. The first kappa shape index (κ1) is 20.7. The first-order chi connectivity index (χ1) is 12.9. The van der Waals surface area contributed by atoms with Crippen LogP contribution in [0.5, 0.6) is 5.75 Å². The van der Waals surface area contributed by atoms with E-state index < -0.39 is 16.0 Å². The molecule has 2 aromatic carbocycles. The number of carbonyl (C=O) groups excluding carboxylic acids is 1. The summed E-state index contributed by atoms with van der Waals surface area (Å²) in [6.45, 7) is -0.0254. The Kier molecular flexibility index (Phi) is 7.19. The second-order valence-electron chi connectivity index (χ2n) is 5.36. The highest BCUT2D eigenvalue weighted by Gasteiger charge is 2.15. The van der Waals surface area contributed by atoms with Crippen LogP contribution < -0.4 is 9.46 Å². The summed E-state index contributed by atoms with van der Waals surface area (Å²) in [4.78, 5) is 12.2. The van der Waals surface area contributed by atoms with E-state index in [9.17, 15) is 13.2 Å². The molecule has 9 heteroatoms. The van der Waals surface area contributed by atoms with Gasteiger partial charge >= 0.3 is 5.97 Å². The zero-order chi connectivity index (χ0) is 19.9. The molecule has 0 aliphatic carbocycles. The predicted octanol–water partition coefficient (Wildman–Crippen LogP) is 2.90. The summed E-state index contributed by atoms with van der Waals surface area (Å²) in [6.07, 6.45) is 0.0661. The average molecular weight is 409 g/mol. The number of halogens is 1. The molecule has 7 nitrogen and oxygen atoms in total. The lowest BCUT2D eigenvalue weighted by Crippen LogP contribution is -2.24. The summed E-state index contributed by atoms with van der Waals surface area (Å²) < 4.78 is 36.8. The molecule has 1 N–H and O–H groups in total. The Morgan fingerprint density at radius 1 is 1.22 bits per heavy atom. The van der Waals surface area contributed by atoms with Gasteiger partial charge in [-0.2, -0.15) is 5.26 Å². The molecule has 0 bridgehead atoms. The Labute approximate surface area is 162 Å². The van der Waals surface area contributed by atoms with Gasteiger partial charge in [-0.3, -0.25) is 0 Å². The predicted molar refractivity (Wildman–Crippen MR) is 99.0 cm³/mol. The zero-order valence-corrected chi connectivity index (χ0v) is 16.0. The molecule has 0 amide bonds. The largest absolute Gasteiger partial charge is 0.496 e. The van der Waals surface area contributed by atoms with Crippen LogP contribution in [0.25, 0.3) is 0 Å². The second kappa shape index (κ2) is 9.37. The van der Waals surface area contributed by atoms with Gasteiger partial charge in [-0.25, -0.2) is 17.9 Å². The van der Waals surface area contributed by atoms with E-state index in [1.54, 1.807) is 18.2 Å². The zero-order valence-electron chi connectivity index (χ0n) is 14.4. The molecule has 0 heterocycles. The van der Waals surface area contributed by atoms with Crippen molar-refractivity contribution in [1.82, 2.24) is 4.72 Å². The maximum absolute atomic E-state index is 12.2. The van der Waals surface area contributed by atoms with Crippen molar-refractivity contribution in [3.8, 4) is 11.8 Å². The highest BCUT2D eigenvalue weighted by molar-refractivity contribution is 7.89. The molecule has 0 saturated heterocycles. The minimum atomic E-state index is -3.73. The van der Waals surface area contributed by atoms with Crippen molar-refractivity contribution in [2.24, 2.45) is 0 Å². The Hall–Kier alpha value is -2.60. The molecule has 0 unspecified atom stereocenters. The van der Waals surface area contributed by atoms with Crippen LogP contribution in [0.15, 0.2) is 47.4 Å². The standard InChI is InChI=1S/C18H17ClN2O5S/c1-25-17-8-5-15(19)11-14(17)12-26-18(22)13-3-6-16(7-4-13)27(23,24)21-10-2-9-20/h3-8,11,21H,2,10,12H2,1H3. The lowest BCUT2D eigenvalue weighted by atomic mass is 10.2. The number of hydrogen-bond acceptors (Lipinski definition) is 6. The molecule has 0 aromatic heterocycles. The van der Waals surface area contributed by atoms with Gasteiger partial charge in [0.2, 0.25) is 10.0 Å². The Bertz CT molecular complexity index is 953. The third-order valence-electron chi connectivity index (χ3n) is 3.53. The molecule has 2 aromatic rings. The number of rotatable bonds is 8. The van der Waals surface area contributed by atoms with E-state index in [0.717, 1.165) is 0 Å². The lowest BCUT2D eigenvalue weighted by Gasteiger charge is -2.10. The van der Waals surface area contributed by atoms with Gasteiger partial charge in [0.25, 0.3) is 0 Å². The molecule has 0 radical (unpaired) electrons. The van der Waals surface area contributed by atoms with Gasteiger partial charge in [0.05, 0.1) is 23.6 Å². The molecule has 27 heavy (non-hydrogen) atoms. The Morgan fingerprint density at radius 3 is 2.56 bits per heavy atom. The van der Waals surface area contributed by atoms with E-state index in [1.165, 1.54) is 31.4 Å². The number of methoxy groups -OCH3 is 1. The van der Waals surface area contributed by atoms with Crippen LogP contribution in [0.3, 0.4) is 0 Å². The lowest BCUT2D eigenvalue weighted by molar-refractivity contribution is 0.0470. The van der Waals surface area contributed by atoms with Gasteiger partial charge < -0.3 is 9.47 Å². The number of hydrogen-bond donors (Lipinski definition) is 1. The van der Waals surface area contributed by atoms with Gasteiger partial charge in [-0.05, 0) is 42.5 Å². The van der Waals surface area contributed by atoms with Crippen LogP contribution in [0, 0.1) is 11.3 Å². The molecular formula is C18H17ClN2O5S. The average Bonchev–Trinajstić information content (AvgIpc) is 2.66. The smallest absolute Gasteiger partial charge is 0.338 e. The number of nitriles is 1. The van der Waals surface area contributed by atoms with Gasteiger partial charge in [-0.15, -0.1) is 0 Å². The third kappa shape index (κ3) is 5.69. The van der Waals surface area contributed by atoms with E-state index in [2.05, 4.69) is 4.72 Å². The van der Waals surface area contributed by atoms with Crippen LogP contribution in [-0.4, -0.2) is 28.0 Å². The summed E-state index contributed by atoms with van der Waals surface area (Å²) in [6, 6.07) is 12.1. The van der Waals surface area contributed by atoms with Gasteiger partial charge in [0.1, 0.15) is 12.4 Å². The molecule has 2 rings (SSSR count). The quantitative estimate of drug-likeness (QED) is 0.531. The summed E-state index contributed by atoms with van der Waals surface area (Å²) >= 11 is 5.94. The van der Waals surface area contributed by atoms with Crippen LogP contribution in [0.2, 0.25) is 5.02 Å². The first-order valence-electron chi connectivity index (χ1n) is 7.83. The van der Waals surface area contributed by atoms with Crippen molar-refractivity contribution < 1.29 is 22.7 Å². The van der Waals surface area contributed by atoms with Gasteiger partial charge in [0.15, 0.2) is 0 Å². The number of esters is 1. The van der Waals surface area contributed by atoms with Crippen LogP contribution in [0.1, 0.15) is 22.3 Å². The van der Waals surface area contributed by atoms with E-state index in [1.807, 2.05) is 6.07 Å². The van der Waals surface area contributed by atoms with Crippen LogP contribution in [-0.2, 0) is 21.4 Å². The van der Waals surface area contributed by atoms with Crippen molar-refractivity contribution in [3.05, 3.63) is 58.6 Å². The number of ether oxygens (including phenoxy) is 2. The minimum absolute atomic E-state index is 0.00602. The fourth-order valence-corrected chi connectivity index (χ4v) is 3.41. The molecule has 142 valence electrons. The van der Waals surface area contributed by atoms with Crippen molar-refractivity contribution in [2.75, 3.05) is 13.7 Å². The molecule has 0 spiro atoms. The topological polar surface area (TPSA) is 105 Å². The molecule has 0 aliphatic heterocycles. The molecule has 0 saturated carbocycles. The number of benzene rings is 2. The van der Waals surface area contributed by atoms with E-state index in [0.29, 0.717) is 16.3 Å². The normalized spacial score (nSPS) is 10.9. The summed E-state index contributed by atoms with van der Waals surface area (Å²) in [5.41, 5.74) is 0.811. The van der Waals surface area contributed by atoms with E-state index in [-0.39, 0.29) is 30.0 Å². The monoisotopic (exact) mass is 408 g/mol. The van der Waals surface area contributed by atoms with Crippen molar-refractivity contribution >= 4 is 27.6 Å². The molecule has 0 fully saturated rings. The fraction of sp³-hybridized carbons (Fsp3) is 0.222. The van der Waals surface area contributed by atoms with E-state index >= 15 is 0 Å². The number of sulfonamides is 1. The maximum Gasteiger partial charge on any atom is 0.338 e. The van der Waals surface area contributed by atoms with Crippen molar-refractivity contribution in [1.29, 1.82) is 5.26 Å². The first-order valence-corrected chi connectivity index (χ1v) is 9.69. The highest BCUT2D eigenvalue weighted by atomic mass is 35.5. The van der Waals surface area contributed by atoms with Crippen LogP contribution >= 0.6 is 11.6 Å². The Morgan fingerprint density at radius 2 is 1.93 bits per heavy atom. The highest BCUT2D eigenvalue weighted by Crippen LogP contribution is 2.23. The maximum atomic E-state index is 12.2. The number of nitrogens with zero attached hydrogens (tertiary/aromatic N) is 1. The molecule has 0 atom stereocenters. The van der Waals surface area contributed by atoms with Crippen molar-refractivity contribution in [2.45, 2.75) is 17.9 Å². The number of carbonyl (C=O) groups is 1. The summed E-state index contributed by atoms with van der Waals surface area (Å²) in [5, 5.41) is 8.95. The second-order valence-corrected chi connectivity index (χ2v) is 7.57. The van der Waals surface area contributed by atoms with Gasteiger partial charge in [0, 0.05) is 23.6 Å². The summed E-state index contributed by atoms with van der Waals surface area (Å²) in [5.74, 6) is -0.0736. The molecular weight excluding hydrogens is 392 g/mol. The SMILES string of the molecule is COc1ccc(Cl)cc1COC(=O)c1ccc(S(=O)(=O)NCCC#N)cc1.